The second-order valence-corrected chi connectivity index (χ2v) is 5.03. The number of hydrogen-bond acceptors (Lipinski definition) is 4. The maximum absolute atomic E-state index is 12.3. The standard InChI is InChI=1S/C12H14N4O3/c1-16-12(13-5-14-16)15-10(17)8-6-2-3-7(4-6)9(8)11(18)19/h2-3,5-9H,4H2,1H3,(H,18,19)(H,13,14,15,17). The fraction of sp³-hybridized carbons (Fsp3) is 0.500. The molecular formula is C12H14N4O3. The Kier molecular flexibility index (Phi) is 2.62. The highest BCUT2D eigenvalue weighted by atomic mass is 16.4. The quantitative estimate of drug-likeness (QED) is 0.762. The Labute approximate surface area is 109 Å². The fourth-order valence-electron chi connectivity index (χ4n) is 3.12. The highest BCUT2D eigenvalue weighted by molar-refractivity contribution is 5.95. The van der Waals surface area contributed by atoms with Crippen LogP contribution in [0.4, 0.5) is 5.95 Å². The van der Waals surface area contributed by atoms with Gasteiger partial charge >= 0.3 is 5.97 Å². The van der Waals surface area contributed by atoms with E-state index in [0.29, 0.717) is 5.95 Å². The second-order valence-electron chi connectivity index (χ2n) is 5.03. The molecule has 2 bridgehead atoms. The van der Waals surface area contributed by atoms with Crippen LogP contribution in [0.15, 0.2) is 18.5 Å². The van der Waals surface area contributed by atoms with Crippen molar-refractivity contribution in [3.63, 3.8) is 0 Å². The van der Waals surface area contributed by atoms with Crippen LogP contribution >= 0.6 is 0 Å². The molecular weight excluding hydrogens is 248 g/mol. The topological polar surface area (TPSA) is 97.1 Å². The van der Waals surface area contributed by atoms with Crippen LogP contribution in [0.5, 0.6) is 0 Å². The largest absolute Gasteiger partial charge is 0.481 e. The fourth-order valence-corrected chi connectivity index (χ4v) is 3.12. The smallest absolute Gasteiger partial charge is 0.307 e. The van der Waals surface area contributed by atoms with Gasteiger partial charge in [0.2, 0.25) is 11.9 Å². The molecule has 0 aliphatic heterocycles. The molecule has 2 N–H and O–H groups in total. The number of rotatable bonds is 3. The number of anilines is 1. The molecule has 19 heavy (non-hydrogen) atoms. The van der Waals surface area contributed by atoms with Crippen molar-refractivity contribution in [3.05, 3.63) is 18.5 Å². The van der Waals surface area contributed by atoms with Gasteiger partial charge in [-0.05, 0) is 18.3 Å². The van der Waals surface area contributed by atoms with Crippen molar-refractivity contribution < 1.29 is 14.7 Å². The molecule has 2 aliphatic carbocycles. The number of carbonyl (C=O) groups is 2. The van der Waals surface area contributed by atoms with Crippen molar-refractivity contribution in [1.29, 1.82) is 0 Å². The van der Waals surface area contributed by atoms with Gasteiger partial charge in [-0.15, -0.1) is 0 Å². The van der Waals surface area contributed by atoms with E-state index < -0.39 is 17.8 Å². The minimum atomic E-state index is -0.907. The minimum Gasteiger partial charge on any atom is -0.481 e. The monoisotopic (exact) mass is 262 g/mol. The Morgan fingerprint density at radius 2 is 2.05 bits per heavy atom. The van der Waals surface area contributed by atoms with E-state index in [1.165, 1.54) is 11.0 Å². The molecule has 0 radical (unpaired) electrons. The number of amides is 1. The molecule has 7 nitrogen and oxygen atoms in total. The zero-order chi connectivity index (χ0) is 13.6. The SMILES string of the molecule is Cn1ncnc1NC(=O)C1C2C=CC(C2)C1C(=O)O. The summed E-state index contributed by atoms with van der Waals surface area (Å²) in [6.45, 7) is 0. The molecule has 7 heteroatoms. The number of aromatic nitrogens is 3. The van der Waals surface area contributed by atoms with Crippen molar-refractivity contribution >= 4 is 17.8 Å². The van der Waals surface area contributed by atoms with Gasteiger partial charge in [-0.3, -0.25) is 14.9 Å². The van der Waals surface area contributed by atoms with Gasteiger partial charge in [-0.25, -0.2) is 4.68 Å². The molecule has 0 aromatic carbocycles. The third-order valence-electron chi connectivity index (χ3n) is 3.99. The Hall–Kier alpha value is -2.18. The number of carbonyl (C=O) groups excluding carboxylic acids is 1. The van der Waals surface area contributed by atoms with Gasteiger partial charge in [-0.1, -0.05) is 12.2 Å². The van der Waals surface area contributed by atoms with Gasteiger partial charge in [0.15, 0.2) is 0 Å². The van der Waals surface area contributed by atoms with Gasteiger partial charge < -0.3 is 5.11 Å². The predicted molar refractivity (Wildman–Crippen MR) is 65.0 cm³/mol. The lowest BCUT2D eigenvalue weighted by Crippen LogP contribution is -2.36. The number of hydrogen-bond donors (Lipinski definition) is 2. The molecule has 1 fully saturated rings. The number of aliphatic carboxylic acids is 1. The molecule has 1 aromatic heterocycles. The average molecular weight is 262 g/mol. The minimum absolute atomic E-state index is 0.0133. The lowest BCUT2D eigenvalue weighted by atomic mass is 9.82. The predicted octanol–water partition coefficient (Wildman–Crippen LogP) is 0.276. The highest BCUT2D eigenvalue weighted by Crippen LogP contribution is 2.48. The van der Waals surface area contributed by atoms with Crippen LogP contribution in [0.3, 0.4) is 0 Å². The maximum atomic E-state index is 12.3. The Bertz CT molecular complexity index is 565. The van der Waals surface area contributed by atoms with Gasteiger partial charge in [-0.2, -0.15) is 10.1 Å². The number of nitrogens with zero attached hydrogens (tertiary/aromatic N) is 3. The molecule has 1 aromatic rings. The summed E-state index contributed by atoms with van der Waals surface area (Å²) in [4.78, 5) is 27.5. The molecule has 1 amide bonds. The molecule has 4 unspecified atom stereocenters. The molecule has 2 aliphatic rings. The van der Waals surface area contributed by atoms with Crippen LogP contribution in [0, 0.1) is 23.7 Å². The van der Waals surface area contributed by atoms with Crippen molar-refractivity contribution in [2.24, 2.45) is 30.7 Å². The third kappa shape index (κ3) is 1.81. The summed E-state index contributed by atoms with van der Waals surface area (Å²) in [5, 5.41) is 15.8. The summed E-state index contributed by atoms with van der Waals surface area (Å²) in [7, 11) is 1.66. The number of nitrogens with one attached hydrogen (secondary N) is 1. The number of carboxylic acid groups (broad SMARTS) is 1. The summed E-state index contributed by atoms with van der Waals surface area (Å²) >= 11 is 0. The first kappa shape index (κ1) is 11.9. The van der Waals surface area contributed by atoms with E-state index in [1.54, 1.807) is 7.05 Å². The summed E-state index contributed by atoms with van der Waals surface area (Å²) in [5.41, 5.74) is 0. The van der Waals surface area contributed by atoms with Crippen LogP contribution in [0.2, 0.25) is 0 Å². The van der Waals surface area contributed by atoms with Crippen molar-refractivity contribution in [2.75, 3.05) is 5.32 Å². The third-order valence-corrected chi connectivity index (χ3v) is 3.99. The maximum Gasteiger partial charge on any atom is 0.307 e. The van der Waals surface area contributed by atoms with Gasteiger partial charge in [0.05, 0.1) is 11.8 Å². The van der Waals surface area contributed by atoms with Crippen LogP contribution in [0.25, 0.3) is 0 Å². The van der Waals surface area contributed by atoms with Crippen LogP contribution < -0.4 is 5.32 Å². The van der Waals surface area contributed by atoms with E-state index in [-0.39, 0.29) is 17.7 Å². The zero-order valence-corrected chi connectivity index (χ0v) is 10.4. The molecule has 1 saturated carbocycles. The first-order valence-corrected chi connectivity index (χ1v) is 6.14. The Morgan fingerprint density at radius 1 is 1.37 bits per heavy atom. The van der Waals surface area contributed by atoms with Crippen LogP contribution in [-0.4, -0.2) is 31.7 Å². The van der Waals surface area contributed by atoms with E-state index in [9.17, 15) is 14.7 Å². The molecule has 3 rings (SSSR count). The number of aryl methyl sites for hydroxylation is 1. The van der Waals surface area contributed by atoms with Crippen LogP contribution in [-0.2, 0) is 16.6 Å². The zero-order valence-electron chi connectivity index (χ0n) is 10.4. The summed E-state index contributed by atoms with van der Waals surface area (Å²) in [5.74, 6) is -2.04. The van der Waals surface area contributed by atoms with E-state index in [1.807, 2.05) is 12.2 Å². The first-order chi connectivity index (χ1) is 9.08. The highest BCUT2D eigenvalue weighted by Gasteiger charge is 2.51. The molecule has 0 saturated heterocycles. The van der Waals surface area contributed by atoms with E-state index in [2.05, 4.69) is 15.4 Å². The molecule has 4 atom stereocenters. The van der Waals surface area contributed by atoms with Gasteiger partial charge in [0.1, 0.15) is 6.33 Å². The lowest BCUT2D eigenvalue weighted by molar-refractivity contribution is -0.146. The number of allylic oxidation sites excluding steroid dienone is 2. The Balaban J connectivity index is 1.81. The van der Waals surface area contributed by atoms with E-state index >= 15 is 0 Å². The first-order valence-electron chi connectivity index (χ1n) is 6.14. The molecule has 100 valence electrons. The number of fused-ring (bicyclic) bond motifs is 2. The van der Waals surface area contributed by atoms with E-state index in [4.69, 9.17) is 0 Å². The van der Waals surface area contributed by atoms with Gasteiger partial charge in [0, 0.05) is 7.05 Å². The molecule has 0 spiro atoms. The second kappa shape index (κ2) is 4.18. The average Bonchev–Trinajstić information content (AvgIpc) is 3.04. The van der Waals surface area contributed by atoms with Crippen LogP contribution in [0.1, 0.15) is 6.42 Å². The van der Waals surface area contributed by atoms with Gasteiger partial charge in [0.25, 0.3) is 0 Å². The Morgan fingerprint density at radius 3 is 2.63 bits per heavy atom. The number of carboxylic acids is 1. The normalized spacial score (nSPS) is 31.6. The summed E-state index contributed by atoms with van der Waals surface area (Å²) in [6, 6.07) is 0. The van der Waals surface area contributed by atoms with Crippen molar-refractivity contribution in [1.82, 2.24) is 14.8 Å². The molecule has 1 heterocycles. The van der Waals surface area contributed by atoms with Crippen molar-refractivity contribution in [3.8, 4) is 0 Å². The lowest BCUT2D eigenvalue weighted by Gasteiger charge is -2.23. The summed E-state index contributed by atoms with van der Waals surface area (Å²) < 4.78 is 1.44. The summed E-state index contributed by atoms with van der Waals surface area (Å²) in [6.07, 6.45) is 5.94. The van der Waals surface area contributed by atoms with E-state index in [0.717, 1.165) is 6.42 Å². The van der Waals surface area contributed by atoms with Crippen molar-refractivity contribution in [2.45, 2.75) is 6.42 Å².